The highest BCUT2D eigenvalue weighted by Crippen LogP contribution is 2.71. The second-order valence-electron chi connectivity index (χ2n) is 9.23. The molecule has 0 N–H and O–H groups in total. The van der Waals surface area contributed by atoms with Crippen LogP contribution in [0.25, 0.3) is 0 Å². The van der Waals surface area contributed by atoms with E-state index in [1.165, 1.54) is 4.90 Å². The average molecular weight is 551 g/mol. The molecule has 1 fully saturated rings. The number of nitrogens with zero attached hydrogens (tertiary/aromatic N) is 1. The van der Waals surface area contributed by atoms with Crippen LogP contribution in [0.3, 0.4) is 0 Å². The normalized spacial score (nSPS) is 29.7. The molecule has 5 heteroatoms. The Morgan fingerprint density at radius 2 is 1.03 bits per heavy atom. The Bertz CT molecular complexity index is 1220. The fourth-order valence-corrected chi connectivity index (χ4v) is 8.72. The SMILES string of the molecule is Cc1cc(C)c(N2C(=O)[C@@H]3[C@H](C2=O)C2(Br)c4ccccc4C3(Br)c3ccccc32)c(C)c1. The van der Waals surface area contributed by atoms with Gasteiger partial charge in [-0.2, -0.15) is 0 Å². The highest BCUT2D eigenvalue weighted by atomic mass is 79.9. The van der Waals surface area contributed by atoms with E-state index in [1.54, 1.807) is 0 Å². The van der Waals surface area contributed by atoms with Crippen molar-refractivity contribution in [3.05, 3.63) is 99.6 Å². The van der Waals surface area contributed by atoms with Crippen LogP contribution in [0.4, 0.5) is 5.69 Å². The van der Waals surface area contributed by atoms with Crippen LogP contribution in [0.5, 0.6) is 0 Å². The average Bonchev–Trinajstić information content (AvgIpc) is 3.03. The van der Waals surface area contributed by atoms with E-state index in [2.05, 4.69) is 56.1 Å². The fourth-order valence-electron chi connectivity index (χ4n) is 6.41. The lowest BCUT2D eigenvalue weighted by molar-refractivity contribution is -0.122. The van der Waals surface area contributed by atoms with Crippen molar-refractivity contribution in [2.45, 2.75) is 29.4 Å². The summed E-state index contributed by atoms with van der Waals surface area (Å²) in [5, 5.41) is 0. The van der Waals surface area contributed by atoms with E-state index in [9.17, 15) is 9.59 Å². The van der Waals surface area contributed by atoms with Crippen molar-refractivity contribution >= 4 is 49.4 Å². The second kappa shape index (κ2) is 6.42. The van der Waals surface area contributed by atoms with Gasteiger partial charge in [0.25, 0.3) is 0 Å². The largest absolute Gasteiger partial charge is 0.274 e. The van der Waals surface area contributed by atoms with E-state index in [4.69, 9.17) is 0 Å². The Balaban J connectivity index is 1.67. The molecule has 160 valence electrons. The molecule has 2 atom stereocenters. The smallest absolute Gasteiger partial charge is 0.239 e. The molecule has 3 nitrogen and oxygen atoms in total. The maximum atomic E-state index is 14.2. The van der Waals surface area contributed by atoms with Crippen LogP contribution in [0.2, 0.25) is 0 Å². The third-order valence-electron chi connectivity index (χ3n) is 7.44. The molecule has 1 aliphatic heterocycles. The van der Waals surface area contributed by atoms with Crippen LogP contribution >= 0.6 is 31.9 Å². The van der Waals surface area contributed by atoms with E-state index in [1.807, 2.05) is 57.2 Å². The first-order chi connectivity index (χ1) is 15.2. The van der Waals surface area contributed by atoms with E-state index in [-0.39, 0.29) is 11.8 Å². The molecule has 1 heterocycles. The zero-order chi connectivity index (χ0) is 22.6. The molecule has 3 aromatic carbocycles. The van der Waals surface area contributed by atoms with Gasteiger partial charge in [0.05, 0.1) is 26.2 Å². The zero-order valence-corrected chi connectivity index (χ0v) is 21.1. The highest BCUT2D eigenvalue weighted by Gasteiger charge is 2.72. The Kier molecular flexibility index (Phi) is 4.09. The minimum Gasteiger partial charge on any atom is -0.274 e. The number of carbonyl (C=O) groups excluding carboxylic acids is 2. The van der Waals surface area contributed by atoms with Crippen LogP contribution in [0.15, 0.2) is 60.7 Å². The van der Waals surface area contributed by atoms with Crippen LogP contribution in [0, 0.1) is 32.6 Å². The zero-order valence-electron chi connectivity index (χ0n) is 17.9. The van der Waals surface area contributed by atoms with E-state index in [0.717, 1.165) is 44.6 Å². The molecule has 0 aromatic heterocycles. The van der Waals surface area contributed by atoms with Gasteiger partial charge in [-0.1, -0.05) is 98.1 Å². The monoisotopic (exact) mass is 549 g/mol. The Labute approximate surface area is 204 Å². The number of benzene rings is 3. The third kappa shape index (κ3) is 2.17. The van der Waals surface area contributed by atoms with E-state index < -0.39 is 20.5 Å². The van der Waals surface area contributed by atoms with Crippen LogP contribution in [-0.2, 0) is 18.2 Å². The Hall–Kier alpha value is -2.24. The summed E-state index contributed by atoms with van der Waals surface area (Å²) >= 11 is 8.12. The number of halogens is 2. The third-order valence-corrected chi connectivity index (χ3v) is 10.1. The molecular weight excluding hydrogens is 530 g/mol. The molecule has 0 spiro atoms. The van der Waals surface area contributed by atoms with E-state index >= 15 is 0 Å². The molecule has 0 unspecified atom stereocenters. The van der Waals surface area contributed by atoms with E-state index in [0.29, 0.717) is 0 Å². The van der Waals surface area contributed by atoms with Crippen molar-refractivity contribution in [2.75, 3.05) is 4.90 Å². The summed E-state index contributed by atoms with van der Waals surface area (Å²) < 4.78 is -1.51. The van der Waals surface area contributed by atoms with Gasteiger partial charge in [0.2, 0.25) is 11.8 Å². The van der Waals surface area contributed by atoms with Gasteiger partial charge in [-0.25, -0.2) is 4.90 Å². The summed E-state index contributed by atoms with van der Waals surface area (Å²) in [5.41, 5.74) is 7.94. The first-order valence-corrected chi connectivity index (χ1v) is 12.3. The molecule has 2 amide bonds. The standard InChI is InChI=1S/C27H21Br2NO2/c1-14-12-15(2)23(16(3)13-14)30-24(31)21-22(25(30)32)27(29)18-9-5-4-8-17(18)26(21,28)19-10-6-7-11-20(19)27/h4-13,21-22H,1-3H3/t21-,22+,26?,27?. The Morgan fingerprint density at radius 1 is 0.688 bits per heavy atom. The molecule has 0 radical (unpaired) electrons. The number of amides is 2. The number of hydrogen-bond acceptors (Lipinski definition) is 2. The maximum absolute atomic E-state index is 14.2. The van der Waals surface area contributed by atoms with Crippen LogP contribution in [0.1, 0.15) is 38.9 Å². The molecule has 0 saturated carbocycles. The molecule has 2 bridgehead atoms. The molecule has 3 aliphatic carbocycles. The minimum atomic E-state index is -0.756. The van der Waals surface area contributed by atoms with Crippen LogP contribution < -0.4 is 4.90 Å². The number of anilines is 1. The van der Waals surface area contributed by atoms with Crippen molar-refractivity contribution in [1.82, 2.24) is 0 Å². The number of alkyl halides is 2. The predicted octanol–water partition coefficient (Wildman–Crippen LogP) is 6.02. The molecule has 32 heavy (non-hydrogen) atoms. The summed E-state index contributed by atoms with van der Waals surface area (Å²) in [6, 6.07) is 20.4. The molecule has 3 aromatic rings. The van der Waals surface area contributed by atoms with Crippen molar-refractivity contribution in [3.63, 3.8) is 0 Å². The van der Waals surface area contributed by atoms with Crippen LogP contribution in [-0.4, -0.2) is 11.8 Å². The lowest BCUT2D eigenvalue weighted by Crippen LogP contribution is -2.56. The predicted molar refractivity (Wildman–Crippen MR) is 132 cm³/mol. The van der Waals surface area contributed by atoms with Gasteiger partial charge in [-0.15, -0.1) is 0 Å². The quantitative estimate of drug-likeness (QED) is 0.274. The van der Waals surface area contributed by atoms with Crippen molar-refractivity contribution < 1.29 is 9.59 Å². The van der Waals surface area contributed by atoms with Crippen molar-refractivity contribution in [1.29, 1.82) is 0 Å². The summed E-state index contributed by atoms with van der Waals surface area (Å²) in [7, 11) is 0. The van der Waals surface area contributed by atoms with Gasteiger partial charge in [-0.3, -0.25) is 9.59 Å². The summed E-state index contributed by atoms with van der Waals surface area (Å²) in [4.78, 5) is 29.8. The second-order valence-corrected chi connectivity index (χ2v) is 11.7. The van der Waals surface area contributed by atoms with Gasteiger partial charge in [0.15, 0.2) is 0 Å². The maximum Gasteiger partial charge on any atom is 0.239 e. The molecule has 1 saturated heterocycles. The molecular formula is C27H21Br2NO2. The lowest BCUT2D eigenvalue weighted by atomic mass is 9.54. The number of carbonyl (C=O) groups is 2. The first kappa shape index (κ1) is 20.4. The minimum absolute atomic E-state index is 0.139. The van der Waals surface area contributed by atoms with Gasteiger partial charge in [-0.05, 0) is 54.2 Å². The van der Waals surface area contributed by atoms with Crippen molar-refractivity contribution in [2.24, 2.45) is 11.8 Å². The van der Waals surface area contributed by atoms with Crippen molar-refractivity contribution in [3.8, 4) is 0 Å². The number of aryl methyl sites for hydroxylation is 3. The number of imide groups is 1. The number of hydrogen-bond donors (Lipinski definition) is 0. The highest BCUT2D eigenvalue weighted by molar-refractivity contribution is 9.10. The summed E-state index contributed by atoms with van der Waals surface area (Å²) in [6.45, 7) is 5.99. The van der Waals surface area contributed by atoms with Gasteiger partial charge < -0.3 is 0 Å². The lowest BCUT2D eigenvalue weighted by Gasteiger charge is -2.55. The molecule has 4 aliphatic rings. The van der Waals surface area contributed by atoms with Gasteiger partial charge >= 0.3 is 0 Å². The van der Waals surface area contributed by atoms with Gasteiger partial charge in [0, 0.05) is 0 Å². The first-order valence-electron chi connectivity index (χ1n) is 10.8. The summed E-state index contributed by atoms with van der Waals surface area (Å²) in [5.74, 6) is -1.36. The topological polar surface area (TPSA) is 37.4 Å². The van der Waals surface area contributed by atoms with Gasteiger partial charge in [0.1, 0.15) is 0 Å². The number of rotatable bonds is 1. The summed E-state index contributed by atoms with van der Waals surface area (Å²) in [6.07, 6.45) is 0. The Morgan fingerprint density at radius 3 is 1.38 bits per heavy atom. The molecule has 7 rings (SSSR count). The fraction of sp³-hybridized carbons (Fsp3) is 0.259.